The Hall–Kier alpha value is -2.11. The van der Waals surface area contributed by atoms with E-state index in [1.54, 1.807) is 17.1 Å². The van der Waals surface area contributed by atoms with Crippen LogP contribution in [0.25, 0.3) is 0 Å². The lowest BCUT2D eigenvalue weighted by Crippen LogP contribution is -2.26. The summed E-state index contributed by atoms with van der Waals surface area (Å²) in [6, 6.07) is 0. The fourth-order valence-electron chi connectivity index (χ4n) is 2.74. The first kappa shape index (κ1) is 12.9. The molecule has 1 aliphatic rings. The summed E-state index contributed by atoms with van der Waals surface area (Å²) in [5.74, 6) is 1.55. The van der Waals surface area contributed by atoms with Gasteiger partial charge >= 0.3 is 0 Å². The molecule has 0 bridgehead atoms. The van der Waals surface area contributed by atoms with Gasteiger partial charge in [0.1, 0.15) is 11.6 Å². The van der Waals surface area contributed by atoms with E-state index in [9.17, 15) is 4.79 Å². The molecule has 3 rings (SSSR count). The molecule has 0 saturated heterocycles. The Bertz CT molecular complexity index is 648. The Morgan fingerprint density at radius 1 is 1.40 bits per heavy atom. The fourth-order valence-corrected chi connectivity index (χ4v) is 2.74. The zero-order chi connectivity index (χ0) is 14.5. The van der Waals surface area contributed by atoms with Crippen LogP contribution in [-0.2, 0) is 17.3 Å². The van der Waals surface area contributed by atoms with Crippen molar-refractivity contribution < 1.29 is 4.79 Å². The van der Waals surface area contributed by atoms with Crippen LogP contribution in [0.2, 0.25) is 0 Å². The lowest BCUT2D eigenvalue weighted by atomic mass is 9.82. The van der Waals surface area contributed by atoms with Crippen molar-refractivity contribution >= 4 is 11.7 Å². The Kier molecular flexibility index (Phi) is 2.70. The maximum atomic E-state index is 11.9. The lowest BCUT2D eigenvalue weighted by Gasteiger charge is -2.25. The largest absolute Gasteiger partial charge is 0.348 e. The molecule has 3 heterocycles. The van der Waals surface area contributed by atoms with E-state index >= 15 is 0 Å². The highest BCUT2D eigenvalue weighted by Crippen LogP contribution is 2.41. The minimum Gasteiger partial charge on any atom is -0.348 e. The van der Waals surface area contributed by atoms with Crippen LogP contribution in [0.3, 0.4) is 0 Å². The molecule has 1 amide bonds. The molecular formula is C14H19N5O. The molecule has 6 nitrogen and oxygen atoms in total. The number of carbonyl (C=O) groups excluding carboxylic acids is 1. The van der Waals surface area contributed by atoms with Crippen molar-refractivity contribution in [2.45, 2.75) is 38.5 Å². The molecule has 0 saturated carbocycles. The normalized spacial score (nSPS) is 18.8. The first-order valence-electron chi connectivity index (χ1n) is 6.74. The van der Waals surface area contributed by atoms with E-state index in [0.29, 0.717) is 6.42 Å². The molecule has 6 heteroatoms. The van der Waals surface area contributed by atoms with Crippen LogP contribution in [0.5, 0.6) is 0 Å². The zero-order valence-corrected chi connectivity index (χ0v) is 12.2. The molecule has 0 aliphatic carbocycles. The van der Waals surface area contributed by atoms with Gasteiger partial charge in [-0.1, -0.05) is 20.8 Å². The second-order valence-corrected chi connectivity index (χ2v) is 6.26. The van der Waals surface area contributed by atoms with Crippen molar-refractivity contribution in [3.8, 4) is 0 Å². The standard InChI is InChI=1S/C14H19N5O/c1-14(2,3)11-10-8(12-15-5-6-16-12)7-9(20)17-13(10)19(4)18-11/h5-6,8H,7H2,1-4H3,(H,15,16)(H,17,20)/t8-/m0/s1. The topological polar surface area (TPSA) is 75.6 Å². The lowest BCUT2D eigenvalue weighted by molar-refractivity contribution is -0.116. The first-order chi connectivity index (χ1) is 9.38. The minimum absolute atomic E-state index is 0.00218. The number of anilines is 1. The minimum atomic E-state index is -0.0851. The number of aryl methyl sites for hydroxylation is 1. The van der Waals surface area contributed by atoms with Gasteiger partial charge in [0, 0.05) is 36.8 Å². The number of nitrogens with one attached hydrogen (secondary N) is 2. The van der Waals surface area contributed by atoms with Crippen LogP contribution in [0.15, 0.2) is 12.4 Å². The van der Waals surface area contributed by atoms with Crippen molar-refractivity contribution in [1.29, 1.82) is 0 Å². The number of amides is 1. The van der Waals surface area contributed by atoms with E-state index in [4.69, 9.17) is 0 Å². The molecule has 2 N–H and O–H groups in total. The summed E-state index contributed by atoms with van der Waals surface area (Å²) in [5.41, 5.74) is 2.00. The van der Waals surface area contributed by atoms with Gasteiger partial charge in [0.15, 0.2) is 0 Å². The molecule has 20 heavy (non-hydrogen) atoms. The summed E-state index contributed by atoms with van der Waals surface area (Å²) < 4.78 is 1.75. The third-order valence-electron chi connectivity index (χ3n) is 3.64. The Morgan fingerprint density at radius 3 is 2.75 bits per heavy atom. The van der Waals surface area contributed by atoms with E-state index < -0.39 is 0 Å². The molecule has 0 radical (unpaired) electrons. The summed E-state index contributed by atoms with van der Waals surface area (Å²) in [5, 5.41) is 7.55. The maximum Gasteiger partial charge on any atom is 0.226 e. The van der Waals surface area contributed by atoms with Crippen molar-refractivity contribution in [3.05, 3.63) is 29.5 Å². The van der Waals surface area contributed by atoms with Crippen molar-refractivity contribution in [2.24, 2.45) is 7.05 Å². The van der Waals surface area contributed by atoms with Crippen LogP contribution in [0.4, 0.5) is 5.82 Å². The molecule has 0 spiro atoms. The van der Waals surface area contributed by atoms with Gasteiger partial charge in [-0.15, -0.1) is 0 Å². The van der Waals surface area contributed by atoms with Gasteiger partial charge in [-0.2, -0.15) is 5.10 Å². The number of rotatable bonds is 1. The van der Waals surface area contributed by atoms with Crippen LogP contribution in [0.1, 0.15) is 50.2 Å². The van der Waals surface area contributed by atoms with Crippen molar-refractivity contribution in [1.82, 2.24) is 19.7 Å². The molecular weight excluding hydrogens is 254 g/mol. The van der Waals surface area contributed by atoms with Gasteiger partial charge in [-0.3, -0.25) is 9.48 Å². The molecule has 1 atom stereocenters. The van der Waals surface area contributed by atoms with Gasteiger partial charge in [-0.05, 0) is 0 Å². The summed E-state index contributed by atoms with van der Waals surface area (Å²) in [7, 11) is 1.86. The quantitative estimate of drug-likeness (QED) is 0.833. The van der Waals surface area contributed by atoms with E-state index in [1.165, 1.54) is 0 Å². The Morgan fingerprint density at radius 2 is 2.15 bits per heavy atom. The van der Waals surface area contributed by atoms with Crippen LogP contribution in [-0.4, -0.2) is 25.7 Å². The van der Waals surface area contributed by atoms with E-state index in [2.05, 4.69) is 41.2 Å². The predicted octanol–water partition coefficient (Wildman–Crippen LogP) is 1.91. The number of fused-ring (bicyclic) bond motifs is 1. The fraction of sp³-hybridized carbons (Fsp3) is 0.500. The van der Waals surface area contributed by atoms with Crippen molar-refractivity contribution in [3.63, 3.8) is 0 Å². The molecule has 0 unspecified atom stereocenters. The van der Waals surface area contributed by atoms with Crippen molar-refractivity contribution in [2.75, 3.05) is 5.32 Å². The molecule has 0 aromatic carbocycles. The highest BCUT2D eigenvalue weighted by Gasteiger charge is 2.37. The number of hydrogen-bond acceptors (Lipinski definition) is 3. The summed E-state index contributed by atoms with van der Waals surface area (Å²) in [6.45, 7) is 6.39. The summed E-state index contributed by atoms with van der Waals surface area (Å²) in [4.78, 5) is 19.4. The third-order valence-corrected chi connectivity index (χ3v) is 3.64. The number of aromatic amines is 1. The van der Waals surface area contributed by atoms with Gasteiger partial charge in [0.25, 0.3) is 0 Å². The Balaban J connectivity index is 2.22. The number of aromatic nitrogens is 4. The van der Waals surface area contributed by atoms with Crippen LogP contribution >= 0.6 is 0 Å². The number of carbonyl (C=O) groups is 1. The number of nitrogens with zero attached hydrogens (tertiary/aromatic N) is 3. The molecule has 2 aromatic heterocycles. The average molecular weight is 273 g/mol. The van der Waals surface area contributed by atoms with Crippen LogP contribution < -0.4 is 5.32 Å². The van der Waals surface area contributed by atoms with Gasteiger partial charge < -0.3 is 10.3 Å². The average Bonchev–Trinajstić information content (AvgIpc) is 2.96. The smallest absolute Gasteiger partial charge is 0.226 e. The van der Waals surface area contributed by atoms with Crippen LogP contribution in [0, 0.1) is 0 Å². The number of H-pyrrole nitrogens is 1. The maximum absolute atomic E-state index is 11.9. The van der Waals surface area contributed by atoms with Gasteiger partial charge in [0.05, 0.1) is 11.6 Å². The second-order valence-electron chi connectivity index (χ2n) is 6.26. The van der Waals surface area contributed by atoms with E-state index in [0.717, 1.165) is 22.9 Å². The SMILES string of the molecule is Cn1nc(C(C)(C)C)c2c1NC(=O)C[C@@H]2c1ncc[nH]1. The highest BCUT2D eigenvalue weighted by atomic mass is 16.1. The second kappa shape index (κ2) is 4.19. The van der Waals surface area contributed by atoms with E-state index in [-0.39, 0.29) is 17.2 Å². The van der Waals surface area contributed by atoms with Gasteiger partial charge in [0.2, 0.25) is 5.91 Å². The highest BCUT2D eigenvalue weighted by molar-refractivity contribution is 5.94. The monoisotopic (exact) mass is 273 g/mol. The first-order valence-corrected chi connectivity index (χ1v) is 6.74. The Labute approximate surface area is 117 Å². The molecule has 1 aliphatic heterocycles. The predicted molar refractivity (Wildman–Crippen MR) is 75.6 cm³/mol. The molecule has 0 fully saturated rings. The zero-order valence-electron chi connectivity index (χ0n) is 12.2. The summed E-state index contributed by atoms with van der Waals surface area (Å²) in [6.07, 6.45) is 3.90. The molecule has 2 aromatic rings. The van der Waals surface area contributed by atoms with E-state index in [1.807, 2.05) is 7.05 Å². The third kappa shape index (κ3) is 1.92. The number of hydrogen-bond donors (Lipinski definition) is 2. The molecule has 106 valence electrons. The summed E-state index contributed by atoms with van der Waals surface area (Å²) >= 11 is 0. The number of imidazole rings is 1. The van der Waals surface area contributed by atoms with Gasteiger partial charge in [-0.25, -0.2) is 4.98 Å².